The summed E-state index contributed by atoms with van der Waals surface area (Å²) in [4.78, 5) is 14.5. The highest BCUT2D eigenvalue weighted by Crippen LogP contribution is 2.23. The predicted octanol–water partition coefficient (Wildman–Crippen LogP) is 2.26. The molecular formula is C18H24N4O2. The van der Waals surface area contributed by atoms with Crippen LogP contribution < -0.4 is 4.74 Å². The minimum atomic E-state index is 0.174. The van der Waals surface area contributed by atoms with Gasteiger partial charge in [0.25, 0.3) is 0 Å². The van der Waals surface area contributed by atoms with E-state index in [1.54, 1.807) is 6.33 Å². The molecule has 0 spiro atoms. The molecule has 1 aromatic carbocycles. The first kappa shape index (κ1) is 16.5. The molecule has 1 amide bonds. The largest absolute Gasteiger partial charge is 0.494 e. The van der Waals surface area contributed by atoms with Gasteiger partial charge in [-0.25, -0.2) is 0 Å². The first-order valence-electron chi connectivity index (χ1n) is 8.59. The molecule has 1 unspecified atom stereocenters. The van der Waals surface area contributed by atoms with E-state index < -0.39 is 0 Å². The standard InChI is InChI=1S/C18H24N4O2/c1-3-17-20-19-13-22(17)15-9-10-21(12-15)18(23)11-14-5-7-16(8-6-14)24-4-2/h5-8,13,15H,3-4,9-12H2,1-2H3. The minimum absolute atomic E-state index is 0.174. The molecule has 2 aromatic rings. The summed E-state index contributed by atoms with van der Waals surface area (Å²) in [6, 6.07) is 8.06. The fourth-order valence-electron chi connectivity index (χ4n) is 3.18. The number of carbonyl (C=O) groups is 1. The van der Waals surface area contributed by atoms with Crippen molar-refractivity contribution >= 4 is 5.91 Å². The van der Waals surface area contributed by atoms with E-state index in [-0.39, 0.29) is 5.91 Å². The van der Waals surface area contributed by atoms with Crippen LogP contribution in [0.4, 0.5) is 0 Å². The molecule has 128 valence electrons. The quantitative estimate of drug-likeness (QED) is 0.816. The summed E-state index contributed by atoms with van der Waals surface area (Å²) in [5.41, 5.74) is 1.02. The molecule has 1 aliphatic heterocycles. The second-order valence-electron chi connectivity index (χ2n) is 6.04. The number of hydrogen-bond acceptors (Lipinski definition) is 4. The maximum atomic E-state index is 12.5. The maximum Gasteiger partial charge on any atom is 0.227 e. The lowest BCUT2D eigenvalue weighted by atomic mass is 10.1. The van der Waals surface area contributed by atoms with E-state index in [1.807, 2.05) is 36.1 Å². The Bertz CT molecular complexity index is 681. The number of aryl methyl sites for hydroxylation is 1. The fraction of sp³-hybridized carbons (Fsp3) is 0.500. The molecule has 0 aliphatic carbocycles. The van der Waals surface area contributed by atoms with Crippen LogP contribution in [0.15, 0.2) is 30.6 Å². The fourth-order valence-corrected chi connectivity index (χ4v) is 3.18. The average molecular weight is 328 g/mol. The maximum absolute atomic E-state index is 12.5. The van der Waals surface area contributed by atoms with Gasteiger partial charge in [0.1, 0.15) is 17.9 Å². The highest BCUT2D eigenvalue weighted by Gasteiger charge is 2.28. The van der Waals surface area contributed by atoms with E-state index in [9.17, 15) is 4.79 Å². The third-order valence-electron chi connectivity index (χ3n) is 4.46. The van der Waals surface area contributed by atoms with E-state index in [2.05, 4.69) is 21.7 Å². The molecule has 24 heavy (non-hydrogen) atoms. The zero-order valence-corrected chi connectivity index (χ0v) is 14.3. The van der Waals surface area contributed by atoms with Crippen LogP contribution in [0.3, 0.4) is 0 Å². The molecule has 3 rings (SSSR count). The van der Waals surface area contributed by atoms with Crippen LogP contribution in [0, 0.1) is 0 Å². The van der Waals surface area contributed by atoms with Crippen LogP contribution in [-0.2, 0) is 17.6 Å². The summed E-state index contributed by atoms with van der Waals surface area (Å²) in [5, 5.41) is 8.13. The number of carbonyl (C=O) groups excluding carboxylic acids is 1. The van der Waals surface area contributed by atoms with Gasteiger partial charge in [0.2, 0.25) is 5.91 Å². The van der Waals surface area contributed by atoms with Crippen LogP contribution >= 0.6 is 0 Å². The van der Waals surface area contributed by atoms with Crippen molar-refractivity contribution in [2.75, 3.05) is 19.7 Å². The van der Waals surface area contributed by atoms with E-state index in [4.69, 9.17) is 4.74 Å². The van der Waals surface area contributed by atoms with Gasteiger partial charge in [-0.1, -0.05) is 19.1 Å². The summed E-state index contributed by atoms with van der Waals surface area (Å²) in [7, 11) is 0. The van der Waals surface area contributed by atoms with Gasteiger partial charge in [-0.15, -0.1) is 10.2 Å². The van der Waals surface area contributed by atoms with Crippen LogP contribution in [0.5, 0.6) is 5.75 Å². The Kier molecular flexibility index (Phi) is 5.13. The van der Waals surface area contributed by atoms with Crippen molar-refractivity contribution in [3.63, 3.8) is 0 Å². The van der Waals surface area contributed by atoms with Crippen molar-refractivity contribution in [2.24, 2.45) is 0 Å². The number of rotatable bonds is 6. The molecule has 0 bridgehead atoms. The Labute approximate surface area is 142 Å². The lowest BCUT2D eigenvalue weighted by Crippen LogP contribution is -2.30. The molecule has 0 N–H and O–H groups in total. The molecule has 1 atom stereocenters. The molecule has 6 heteroatoms. The molecule has 1 saturated heterocycles. The van der Waals surface area contributed by atoms with E-state index in [1.165, 1.54) is 0 Å². The van der Waals surface area contributed by atoms with Crippen molar-refractivity contribution in [2.45, 2.75) is 39.2 Å². The molecule has 0 saturated carbocycles. The van der Waals surface area contributed by atoms with Crippen molar-refractivity contribution < 1.29 is 9.53 Å². The number of nitrogens with zero attached hydrogens (tertiary/aromatic N) is 4. The van der Waals surface area contributed by atoms with Gasteiger partial charge < -0.3 is 14.2 Å². The highest BCUT2D eigenvalue weighted by molar-refractivity contribution is 5.79. The molecule has 6 nitrogen and oxygen atoms in total. The normalized spacial score (nSPS) is 17.2. The molecule has 1 fully saturated rings. The Morgan fingerprint density at radius 1 is 1.29 bits per heavy atom. The predicted molar refractivity (Wildman–Crippen MR) is 90.9 cm³/mol. The second-order valence-corrected chi connectivity index (χ2v) is 6.04. The van der Waals surface area contributed by atoms with Gasteiger partial charge >= 0.3 is 0 Å². The lowest BCUT2D eigenvalue weighted by molar-refractivity contribution is -0.129. The summed E-state index contributed by atoms with van der Waals surface area (Å²) in [5.74, 6) is 2.00. The van der Waals surface area contributed by atoms with Crippen LogP contribution in [0.25, 0.3) is 0 Å². The number of amides is 1. The Balaban J connectivity index is 1.58. The number of hydrogen-bond donors (Lipinski definition) is 0. The van der Waals surface area contributed by atoms with E-state index in [0.29, 0.717) is 19.1 Å². The van der Waals surface area contributed by atoms with Crippen LogP contribution in [-0.4, -0.2) is 45.3 Å². The lowest BCUT2D eigenvalue weighted by Gasteiger charge is -2.18. The molecule has 1 aliphatic rings. The number of benzene rings is 1. The van der Waals surface area contributed by atoms with Gasteiger partial charge in [-0.2, -0.15) is 0 Å². The van der Waals surface area contributed by atoms with Gasteiger partial charge in [-0.3, -0.25) is 4.79 Å². The Morgan fingerprint density at radius 3 is 2.79 bits per heavy atom. The minimum Gasteiger partial charge on any atom is -0.494 e. The second kappa shape index (κ2) is 7.47. The Hall–Kier alpha value is -2.37. The van der Waals surface area contributed by atoms with Crippen molar-refractivity contribution in [1.82, 2.24) is 19.7 Å². The van der Waals surface area contributed by atoms with Crippen LogP contribution in [0.1, 0.15) is 37.7 Å². The monoisotopic (exact) mass is 328 g/mol. The van der Waals surface area contributed by atoms with Crippen molar-refractivity contribution in [3.8, 4) is 5.75 Å². The molecule has 2 heterocycles. The van der Waals surface area contributed by atoms with Gasteiger partial charge in [-0.05, 0) is 31.0 Å². The average Bonchev–Trinajstić information content (AvgIpc) is 3.25. The number of aromatic nitrogens is 3. The first-order valence-corrected chi connectivity index (χ1v) is 8.59. The van der Waals surface area contributed by atoms with Gasteiger partial charge in [0.15, 0.2) is 0 Å². The van der Waals surface area contributed by atoms with Gasteiger partial charge in [0.05, 0.1) is 19.1 Å². The zero-order valence-electron chi connectivity index (χ0n) is 14.3. The number of ether oxygens (including phenoxy) is 1. The molecular weight excluding hydrogens is 304 g/mol. The first-order chi connectivity index (χ1) is 11.7. The smallest absolute Gasteiger partial charge is 0.227 e. The number of likely N-dealkylation sites (tertiary alicyclic amines) is 1. The van der Waals surface area contributed by atoms with E-state index in [0.717, 1.165) is 43.1 Å². The van der Waals surface area contributed by atoms with Crippen LogP contribution in [0.2, 0.25) is 0 Å². The third-order valence-corrected chi connectivity index (χ3v) is 4.46. The van der Waals surface area contributed by atoms with Crippen molar-refractivity contribution in [1.29, 1.82) is 0 Å². The summed E-state index contributed by atoms with van der Waals surface area (Å²) >= 11 is 0. The Morgan fingerprint density at radius 2 is 2.08 bits per heavy atom. The molecule has 0 radical (unpaired) electrons. The topological polar surface area (TPSA) is 60.2 Å². The summed E-state index contributed by atoms with van der Waals surface area (Å²) in [6.45, 7) is 6.21. The third kappa shape index (κ3) is 3.58. The van der Waals surface area contributed by atoms with Crippen molar-refractivity contribution in [3.05, 3.63) is 42.0 Å². The SMILES string of the molecule is CCOc1ccc(CC(=O)N2CCC(n3cnnc3CC)C2)cc1. The summed E-state index contributed by atoms with van der Waals surface area (Å²) in [6.07, 6.45) is 4.03. The van der Waals surface area contributed by atoms with Gasteiger partial charge in [0, 0.05) is 19.5 Å². The molecule has 1 aromatic heterocycles. The zero-order chi connectivity index (χ0) is 16.9. The summed E-state index contributed by atoms with van der Waals surface area (Å²) < 4.78 is 7.55. The van der Waals surface area contributed by atoms with E-state index >= 15 is 0 Å². The highest BCUT2D eigenvalue weighted by atomic mass is 16.5.